The molecule has 0 aliphatic carbocycles. The van der Waals surface area contributed by atoms with E-state index in [1.54, 1.807) is 30.3 Å². The maximum absolute atomic E-state index is 12.1. The van der Waals surface area contributed by atoms with Gasteiger partial charge in [0, 0.05) is 29.4 Å². The van der Waals surface area contributed by atoms with Gasteiger partial charge in [-0.3, -0.25) is 9.59 Å². The number of carbonyl (C=O) groups excluding carboxylic acids is 2. The summed E-state index contributed by atoms with van der Waals surface area (Å²) in [4.78, 5) is 24.1. The van der Waals surface area contributed by atoms with Gasteiger partial charge in [0.05, 0.1) is 21.3 Å². The second-order valence-corrected chi connectivity index (χ2v) is 5.91. The highest BCUT2D eigenvalue weighted by Crippen LogP contribution is 2.39. The Morgan fingerprint density at radius 1 is 0.963 bits per heavy atom. The third-order valence-corrected chi connectivity index (χ3v) is 4.07. The molecule has 2 aromatic carbocycles. The molecule has 7 nitrogen and oxygen atoms in total. The van der Waals surface area contributed by atoms with Crippen molar-refractivity contribution in [3.63, 3.8) is 0 Å². The van der Waals surface area contributed by atoms with Crippen molar-refractivity contribution in [2.24, 2.45) is 0 Å². The van der Waals surface area contributed by atoms with Crippen molar-refractivity contribution in [2.75, 3.05) is 26.6 Å². The molecule has 0 fully saturated rings. The summed E-state index contributed by atoms with van der Waals surface area (Å²) in [5, 5.41) is 5.86. The summed E-state index contributed by atoms with van der Waals surface area (Å²) >= 11 is 6.04. The minimum absolute atomic E-state index is 0.246. The van der Waals surface area contributed by atoms with Crippen molar-refractivity contribution in [1.29, 1.82) is 0 Å². The second-order valence-electron chi connectivity index (χ2n) is 5.51. The number of nitrogens with one attached hydrogen (secondary N) is 2. The molecule has 2 rings (SSSR count). The number of benzene rings is 2. The molecule has 0 aliphatic heterocycles. The molecule has 0 bridgehead atoms. The summed E-state index contributed by atoms with van der Waals surface area (Å²) in [5.74, 6) is 0.321. The molecule has 2 amide bonds. The number of halogens is 1. The molecular formula is C19H21ClN2O5. The molecule has 0 spiro atoms. The number of amides is 2. The summed E-state index contributed by atoms with van der Waals surface area (Å²) in [6, 6.07) is 10.3. The van der Waals surface area contributed by atoms with Gasteiger partial charge in [-0.05, 0) is 11.6 Å². The first-order valence-electron chi connectivity index (χ1n) is 8.08. The standard InChI is InChI=1S/C19H21ClN2O5/c1-25-15-8-13(9-16(26-2)19(15)27-3)22-18(24)10-17(23)21-11-12-6-4-5-7-14(12)20/h4-9H,10-11H2,1-3H3,(H,21,23)(H,22,24). The summed E-state index contributed by atoms with van der Waals surface area (Å²) in [5.41, 5.74) is 1.20. The number of anilines is 1. The molecule has 8 heteroatoms. The van der Waals surface area contributed by atoms with Crippen molar-refractivity contribution in [3.05, 3.63) is 47.0 Å². The topological polar surface area (TPSA) is 85.9 Å². The van der Waals surface area contributed by atoms with Crippen LogP contribution in [0, 0.1) is 0 Å². The van der Waals surface area contributed by atoms with Gasteiger partial charge >= 0.3 is 0 Å². The Hall–Kier alpha value is -2.93. The van der Waals surface area contributed by atoms with Crippen LogP contribution in [0.3, 0.4) is 0 Å². The lowest BCUT2D eigenvalue weighted by molar-refractivity contribution is -0.126. The first kappa shape index (κ1) is 20.4. The SMILES string of the molecule is COc1cc(NC(=O)CC(=O)NCc2ccccc2Cl)cc(OC)c1OC. The van der Waals surface area contributed by atoms with Crippen molar-refractivity contribution in [1.82, 2.24) is 5.32 Å². The van der Waals surface area contributed by atoms with E-state index in [0.717, 1.165) is 5.56 Å². The summed E-state index contributed by atoms with van der Waals surface area (Å²) in [6.45, 7) is 0.246. The highest BCUT2D eigenvalue weighted by Gasteiger charge is 2.16. The van der Waals surface area contributed by atoms with Crippen LogP contribution in [-0.2, 0) is 16.1 Å². The van der Waals surface area contributed by atoms with Crippen molar-refractivity contribution >= 4 is 29.1 Å². The highest BCUT2D eigenvalue weighted by atomic mass is 35.5. The van der Waals surface area contributed by atoms with Gasteiger partial charge in [-0.2, -0.15) is 0 Å². The fourth-order valence-corrected chi connectivity index (χ4v) is 2.60. The number of hydrogen-bond acceptors (Lipinski definition) is 5. The van der Waals surface area contributed by atoms with Gasteiger partial charge in [0.15, 0.2) is 11.5 Å². The van der Waals surface area contributed by atoms with E-state index in [2.05, 4.69) is 10.6 Å². The van der Waals surface area contributed by atoms with Crippen LogP contribution in [0.5, 0.6) is 17.2 Å². The maximum Gasteiger partial charge on any atom is 0.233 e. The van der Waals surface area contributed by atoms with Gasteiger partial charge in [0.1, 0.15) is 6.42 Å². The zero-order valence-electron chi connectivity index (χ0n) is 15.3. The minimum atomic E-state index is -0.471. The van der Waals surface area contributed by atoms with Crippen LogP contribution in [0.1, 0.15) is 12.0 Å². The summed E-state index contributed by atoms with van der Waals surface area (Å²) in [6.07, 6.45) is -0.332. The minimum Gasteiger partial charge on any atom is -0.493 e. The molecule has 0 saturated heterocycles. The molecule has 0 aromatic heterocycles. The fourth-order valence-electron chi connectivity index (χ4n) is 2.40. The third kappa shape index (κ3) is 5.52. The van der Waals surface area contributed by atoms with E-state index in [1.807, 2.05) is 6.07 Å². The van der Waals surface area contributed by atoms with Crippen molar-refractivity contribution in [2.45, 2.75) is 13.0 Å². The first-order valence-corrected chi connectivity index (χ1v) is 8.46. The van der Waals surface area contributed by atoms with Crippen LogP contribution in [0.15, 0.2) is 36.4 Å². The average molecular weight is 393 g/mol. The predicted octanol–water partition coefficient (Wildman–Crippen LogP) is 3.01. The van der Waals surface area contributed by atoms with Crippen molar-refractivity contribution < 1.29 is 23.8 Å². The summed E-state index contributed by atoms with van der Waals surface area (Å²) < 4.78 is 15.7. The average Bonchev–Trinajstić information content (AvgIpc) is 2.66. The van der Waals surface area contributed by atoms with E-state index >= 15 is 0 Å². The normalized spacial score (nSPS) is 10.1. The molecule has 0 aliphatic rings. The molecule has 0 atom stereocenters. The molecule has 0 saturated carbocycles. The molecule has 0 unspecified atom stereocenters. The van der Waals surface area contributed by atoms with Gasteiger partial charge in [0.25, 0.3) is 0 Å². The quantitative estimate of drug-likeness (QED) is 0.674. The zero-order valence-corrected chi connectivity index (χ0v) is 16.1. The van der Waals surface area contributed by atoms with Gasteiger partial charge in [-0.25, -0.2) is 0 Å². The number of hydrogen-bond donors (Lipinski definition) is 2. The number of methoxy groups -OCH3 is 3. The van der Waals surface area contributed by atoms with Crippen LogP contribution in [0.25, 0.3) is 0 Å². The summed E-state index contributed by atoms with van der Waals surface area (Å²) in [7, 11) is 4.44. The Morgan fingerprint density at radius 3 is 2.15 bits per heavy atom. The highest BCUT2D eigenvalue weighted by molar-refractivity contribution is 6.31. The second kappa shape index (κ2) is 9.68. The van der Waals surface area contributed by atoms with E-state index in [9.17, 15) is 9.59 Å². The smallest absolute Gasteiger partial charge is 0.233 e. The van der Waals surface area contributed by atoms with Crippen LogP contribution >= 0.6 is 11.6 Å². The molecule has 27 heavy (non-hydrogen) atoms. The van der Waals surface area contributed by atoms with Crippen LogP contribution in [-0.4, -0.2) is 33.1 Å². The van der Waals surface area contributed by atoms with Gasteiger partial charge in [-0.1, -0.05) is 29.8 Å². The van der Waals surface area contributed by atoms with E-state index in [1.165, 1.54) is 21.3 Å². The Morgan fingerprint density at radius 2 is 1.59 bits per heavy atom. The van der Waals surface area contributed by atoms with Crippen LogP contribution in [0.2, 0.25) is 5.02 Å². The van der Waals surface area contributed by atoms with Crippen LogP contribution in [0.4, 0.5) is 5.69 Å². The van der Waals surface area contributed by atoms with E-state index in [-0.39, 0.29) is 13.0 Å². The third-order valence-electron chi connectivity index (χ3n) is 3.70. The van der Waals surface area contributed by atoms with E-state index in [0.29, 0.717) is 28.0 Å². The number of carbonyl (C=O) groups is 2. The molecule has 2 N–H and O–H groups in total. The predicted molar refractivity (Wildman–Crippen MR) is 103 cm³/mol. The molecular weight excluding hydrogens is 372 g/mol. The lowest BCUT2D eigenvalue weighted by Gasteiger charge is -2.14. The van der Waals surface area contributed by atoms with Gasteiger partial charge in [0.2, 0.25) is 17.6 Å². The zero-order chi connectivity index (χ0) is 19.8. The first-order chi connectivity index (χ1) is 13.0. The fraction of sp³-hybridized carbons (Fsp3) is 0.263. The van der Waals surface area contributed by atoms with Gasteiger partial charge in [-0.15, -0.1) is 0 Å². The Bertz CT molecular complexity index is 800. The molecule has 0 radical (unpaired) electrons. The maximum atomic E-state index is 12.1. The lowest BCUT2D eigenvalue weighted by Crippen LogP contribution is -2.27. The Kier molecular flexibility index (Phi) is 7.31. The number of rotatable bonds is 8. The molecule has 2 aromatic rings. The van der Waals surface area contributed by atoms with Crippen molar-refractivity contribution in [3.8, 4) is 17.2 Å². The lowest BCUT2D eigenvalue weighted by atomic mass is 10.2. The Balaban J connectivity index is 1.97. The monoisotopic (exact) mass is 392 g/mol. The molecule has 0 heterocycles. The number of ether oxygens (including phenoxy) is 3. The van der Waals surface area contributed by atoms with E-state index < -0.39 is 11.8 Å². The Labute approximate surface area is 162 Å². The molecule has 144 valence electrons. The van der Waals surface area contributed by atoms with Crippen LogP contribution < -0.4 is 24.8 Å². The largest absolute Gasteiger partial charge is 0.493 e. The van der Waals surface area contributed by atoms with Gasteiger partial charge < -0.3 is 24.8 Å². The van der Waals surface area contributed by atoms with E-state index in [4.69, 9.17) is 25.8 Å².